The first-order valence-electron chi connectivity index (χ1n) is 6.29. The van der Waals surface area contributed by atoms with Crippen molar-refractivity contribution >= 4 is 11.6 Å². The molecule has 0 bridgehead atoms. The van der Waals surface area contributed by atoms with Crippen molar-refractivity contribution in [3.63, 3.8) is 0 Å². The maximum atomic E-state index is 11.9. The zero-order chi connectivity index (χ0) is 13.5. The van der Waals surface area contributed by atoms with Gasteiger partial charge in [0.05, 0.1) is 13.2 Å². The normalized spacial score (nSPS) is 14.8. The highest BCUT2D eigenvalue weighted by molar-refractivity contribution is 5.76. The van der Waals surface area contributed by atoms with Gasteiger partial charge in [0.25, 0.3) is 0 Å². The van der Waals surface area contributed by atoms with E-state index < -0.39 is 0 Å². The second-order valence-corrected chi connectivity index (χ2v) is 4.35. The lowest BCUT2D eigenvalue weighted by Gasteiger charge is -2.26. The summed E-state index contributed by atoms with van der Waals surface area (Å²) in [5, 5.41) is 3.51. The summed E-state index contributed by atoms with van der Waals surface area (Å²) in [6, 6.07) is 7.29. The summed E-state index contributed by atoms with van der Waals surface area (Å²) in [5.74, 6) is 0.169. The van der Waals surface area contributed by atoms with Crippen molar-refractivity contribution in [2.75, 3.05) is 26.3 Å². The van der Waals surface area contributed by atoms with E-state index in [4.69, 9.17) is 10.3 Å². The summed E-state index contributed by atoms with van der Waals surface area (Å²) in [4.78, 5) is 16.5. The minimum atomic E-state index is 0.169. The molecule has 1 aliphatic rings. The monoisotopic (exact) mass is 260 g/mol. The Morgan fingerprint density at radius 2 is 2.00 bits per heavy atom. The molecule has 1 saturated heterocycles. The van der Waals surface area contributed by atoms with E-state index in [-0.39, 0.29) is 5.91 Å². The van der Waals surface area contributed by atoms with Gasteiger partial charge in [0.2, 0.25) is 5.91 Å². The molecule has 1 fully saturated rings. The average Bonchev–Trinajstić information content (AvgIpc) is 2.47. The second kappa shape index (κ2) is 6.78. The highest BCUT2D eigenvalue weighted by Crippen LogP contribution is 2.14. The Hall–Kier alpha value is -2.04. The molecule has 0 radical (unpaired) electrons. The molecule has 6 nitrogen and oxygen atoms in total. The molecule has 1 heterocycles. The second-order valence-electron chi connectivity index (χ2n) is 4.35. The summed E-state index contributed by atoms with van der Waals surface area (Å²) < 4.78 is 5.22. The van der Waals surface area contributed by atoms with Crippen LogP contribution in [0.1, 0.15) is 12.0 Å². The van der Waals surface area contributed by atoms with E-state index in [0.717, 1.165) is 5.56 Å². The van der Waals surface area contributed by atoms with Gasteiger partial charge in [0, 0.05) is 30.1 Å². The van der Waals surface area contributed by atoms with Gasteiger partial charge in [-0.25, -0.2) is 0 Å². The van der Waals surface area contributed by atoms with Crippen molar-refractivity contribution < 1.29 is 9.53 Å². The molecule has 2 rings (SSSR count). The van der Waals surface area contributed by atoms with E-state index in [9.17, 15) is 4.79 Å². The molecule has 19 heavy (non-hydrogen) atoms. The van der Waals surface area contributed by atoms with Gasteiger partial charge in [0.1, 0.15) is 0 Å². The standard InChI is InChI=1S/C13H16N4O2/c14-16-15-12-4-1-11(2-5-12)3-6-13(18)17-7-9-19-10-8-17/h1-2,4-5H,3,6-10H2. The molecule has 0 unspecified atom stereocenters. The maximum absolute atomic E-state index is 11.9. The SMILES string of the molecule is [N-]=[N+]=Nc1ccc(CCC(=O)N2CCOCC2)cc1. The van der Waals surface area contributed by atoms with E-state index in [1.807, 2.05) is 17.0 Å². The molecule has 1 aromatic rings. The van der Waals surface area contributed by atoms with Gasteiger partial charge >= 0.3 is 0 Å². The number of azide groups is 1. The molecule has 0 aliphatic carbocycles. The summed E-state index contributed by atoms with van der Waals surface area (Å²) in [5.41, 5.74) is 9.96. The predicted octanol–water partition coefficient (Wildman–Crippen LogP) is 2.42. The third-order valence-electron chi connectivity index (χ3n) is 3.09. The molecule has 1 aliphatic heterocycles. The number of rotatable bonds is 4. The van der Waals surface area contributed by atoms with Crippen molar-refractivity contribution in [3.05, 3.63) is 40.3 Å². The molecule has 0 N–H and O–H groups in total. The van der Waals surface area contributed by atoms with Gasteiger partial charge in [0.15, 0.2) is 0 Å². The topological polar surface area (TPSA) is 78.3 Å². The zero-order valence-electron chi connectivity index (χ0n) is 10.7. The number of morpholine rings is 1. The van der Waals surface area contributed by atoms with Crippen molar-refractivity contribution in [3.8, 4) is 0 Å². The summed E-state index contributed by atoms with van der Waals surface area (Å²) in [7, 11) is 0. The molecule has 0 aromatic heterocycles. The van der Waals surface area contributed by atoms with Gasteiger partial charge in [-0.2, -0.15) is 0 Å². The number of hydrogen-bond acceptors (Lipinski definition) is 3. The molecule has 0 spiro atoms. The molecular formula is C13H16N4O2. The molecule has 0 saturated carbocycles. The van der Waals surface area contributed by atoms with Crippen LogP contribution in [0, 0.1) is 0 Å². The first-order chi connectivity index (χ1) is 9.29. The van der Waals surface area contributed by atoms with Gasteiger partial charge in [-0.1, -0.05) is 29.4 Å². The molecule has 100 valence electrons. The van der Waals surface area contributed by atoms with Gasteiger partial charge in [-0.05, 0) is 17.5 Å². The highest BCUT2D eigenvalue weighted by Gasteiger charge is 2.16. The summed E-state index contributed by atoms with van der Waals surface area (Å²) in [6.07, 6.45) is 1.20. The smallest absolute Gasteiger partial charge is 0.223 e. The van der Waals surface area contributed by atoms with Crippen LogP contribution in [0.3, 0.4) is 0 Å². The Morgan fingerprint density at radius 3 is 2.63 bits per heavy atom. The number of aryl methyl sites for hydroxylation is 1. The van der Waals surface area contributed by atoms with Crippen molar-refractivity contribution in [2.24, 2.45) is 5.11 Å². The third-order valence-corrected chi connectivity index (χ3v) is 3.09. The number of carbonyl (C=O) groups is 1. The largest absolute Gasteiger partial charge is 0.378 e. The van der Waals surface area contributed by atoms with Crippen LogP contribution in [0.2, 0.25) is 0 Å². The van der Waals surface area contributed by atoms with Gasteiger partial charge < -0.3 is 9.64 Å². The van der Waals surface area contributed by atoms with Crippen LogP contribution in [0.25, 0.3) is 10.4 Å². The molecule has 1 amide bonds. The van der Waals surface area contributed by atoms with Crippen LogP contribution < -0.4 is 0 Å². The minimum absolute atomic E-state index is 0.169. The van der Waals surface area contributed by atoms with Crippen molar-refractivity contribution in [1.29, 1.82) is 0 Å². The number of benzene rings is 1. The number of carbonyl (C=O) groups excluding carboxylic acids is 1. The van der Waals surface area contributed by atoms with Crippen molar-refractivity contribution in [1.82, 2.24) is 4.90 Å². The predicted molar refractivity (Wildman–Crippen MR) is 71.0 cm³/mol. The Bertz CT molecular complexity index is 474. The number of nitrogens with zero attached hydrogens (tertiary/aromatic N) is 4. The quantitative estimate of drug-likeness (QED) is 0.473. The summed E-state index contributed by atoms with van der Waals surface area (Å²) >= 11 is 0. The Labute approximate surface area is 111 Å². The summed E-state index contributed by atoms with van der Waals surface area (Å²) in [6.45, 7) is 2.64. The van der Waals surface area contributed by atoms with Crippen LogP contribution in [0.15, 0.2) is 29.4 Å². The van der Waals surface area contributed by atoms with Gasteiger partial charge in [-0.3, -0.25) is 4.79 Å². The Morgan fingerprint density at radius 1 is 1.32 bits per heavy atom. The van der Waals surface area contributed by atoms with Crippen LogP contribution >= 0.6 is 0 Å². The Balaban J connectivity index is 1.84. The number of amides is 1. The van der Waals surface area contributed by atoms with Crippen molar-refractivity contribution in [2.45, 2.75) is 12.8 Å². The van der Waals surface area contributed by atoms with E-state index in [0.29, 0.717) is 44.8 Å². The lowest BCUT2D eigenvalue weighted by Crippen LogP contribution is -2.40. The van der Waals surface area contributed by atoms with Crippen LogP contribution in [-0.2, 0) is 16.0 Å². The van der Waals surface area contributed by atoms with E-state index in [2.05, 4.69) is 10.0 Å². The fraction of sp³-hybridized carbons (Fsp3) is 0.462. The maximum Gasteiger partial charge on any atom is 0.223 e. The number of ether oxygens (including phenoxy) is 1. The van der Waals surface area contributed by atoms with E-state index in [1.165, 1.54) is 0 Å². The fourth-order valence-electron chi connectivity index (χ4n) is 2.00. The van der Waals surface area contributed by atoms with E-state index in [1.54, 1.807) is 12.1 Å². The Kier molecular flexibility index (Phi) is 4.78. The first kappa shape index (κ1) is 13.4. The molecule has 1 aromatic carbocycles. The number of hydrogen-bond donors (Lipinski definition) is 0. The lowest BCUT2D eigenvalue weighted by atomic mass is 10.1. The average molecular weight is 260 g/mol. The van der Waals surface area contributed by atoms with Crippen LogP contribution in [0.5, 0.6) is 0 Å². The molecule has 6 heteroatoms. The van der Waals surface area contributed by atoms with Gasteiger partial charge in [-0.15, -0.1) is 0 Å². The molecular weight excluding hydrogens is 244 g/mol. The first-order valence-corrected chi connectivity index (χ1v) is 6.29. The lowest BCUT2D eigenvalue weighted by molar-refractivity contribution is -0.135. The highest BCUT2D eigenvalue weighted by atomic mass is 16.5. The van der Waals surface area contributed by atoms with Crippen LogP contribution in [-0.4, -0.2) is 37.1 Å². The fourth-order valence-corrected chi connectivity index (χ4v) is 2.00. The zero-order valence-corrected chi connectivity index (χ0v) is 10.7. The van der Waals surface area contributed by atoms with E-state index >= 15 is 0 Å². The molecule has 0 atom stereocenters. The van der Waals surface area contributed by atoms with Crippen LogP contribution in [0.4, 0.5) is 5.69 Å². The minimum Gasteiger partial charge on any atom is -0.378 e. The third kappa shape index (κ3) is 3.98.